The summed E-state index contributed by atoms with van der Waals surface area (Å²) in [6.07, 6.45) is -0.456. The van der Waals surface area contributed by atoms with E-state index in [1.165, 1.54) is 7.11 Å². The van der Waals surface area contributed by atoms with E-state index in [0.717, 1.165) is 16.9 Å². The standard InChI is InChI=1S/C22H19ClN2O3/c1-27-19-13-14(12-17(23)20(19)28-2)21-24-18-11-7-6-10-16(18)22(26)25(21)15-8-4-3-5-9-15/h3-13,21,24H,1-2H3/t21-/m0/s1. The van der Waals surface area contributed by atoms with Crippen molar-refractivity contribution in [1.29, 1.82) is 0 Å². The number of hydrogen-bond acceptors (Lipinski definition) is 4. The van der Waals surface area contributed by atoms with Crippen LogP contribution in [0.4, 0.5) is 11.4 Å². The molecular formula is C22H19ClN2O3. The van der Waals surface area contributed by atoms with Gasteiger partial charge in [0.15, 0.2) is 11.5 Å². The quantitative estimate of drug-likeness (QED) is 0.666. The van der Waals surface area contributed by atoms with Gasteiger partial charge in [-0.1, -0.05) is 41.9 Å². The minimum absolute atomic E-state index is 0.0866. The van der Waals surface area contributed by atoms with Crippen molar-refractivity contribution in [2.24, 2.45) is 0 Å². The molecule has 0 saturated carbocycles. The summed E-state index contributed by atoms with van der Waals surface area (Å²) in [5.74, 6) is 0.879. The summed E-state index contributed by atoms with van der Waals surface area (Å²) < 4.78 is 10.8. The van der Waals surface area contributed by atoms with Crippen LogP contribution in [-0.2, 0) is 0 Å². The van der Waals surface area contributed by atoms with Crippen LogP contribution in [0.5, 0.6) is 11.5 Å². The van der Waals surface area contributed by atoms with E-state index in [2.05, 4.69) is 5.32 Å². The Kier molecular flexibility index (Phi) is 4.84. The van der Waals surface area contributed by atoms with E-state index in [1.54, 1.807) is 18.1 Å². The number of methoxy groups -OCH3 is 2. The monoisotopic (exact) mass is 394 g/mol. The van der Waals surface area contributed by atoms with Gasteiger partial charge in [-0.15, -0.1) is 0 Å². The van der Waals surface area contributed by atoms with Crippen LogP contribution in [0.1, 0.15) is 22.1 Å². The highest BCUT2D eigenvalue weighted by molar-refractivity contribution is 6.32. The molecule has 0 unspecified atom stereocenters. The van der Waals surface area contributed by atoms with Gasteiger partial charge >= 0.3 is 0 Å². The molecule has 0 radical (unpaired) electrons. The van der Waals surface area contributed by atoms with Crippen LogP contribution < -0.4 is 19.7 Å². The molecule has 3 aromatic rings. The summed E-state index contributed by atoms with van der Waals surface area (Å²) in [5.41, 5.74) is 2.96. The van der Waals surface area contributed by atoms with Gasteiger partial charge in [0.05, 0.1) is 24.8 Å². The Labute approximate surface area is 168 Å². The zero-order valence-electron chi connectivity index (χ0n) is 15.5. The smallest absolute Gasteiger partial charge is 0.262 e. The van der Waals surface area contributed by atoms with Crippen molar-refractivity contribution in [1.82, 2.24) is 0 Å². The molecule has 1 atom stereocenters. The molecule has 0 saturated heterocycles. The molecule has 0 aliphatic carbocycles. The van der Waals surface area contributed by atoms with Gasteiger partial charge in [0.25, 0.3) is 5.91 Å². The molecule has 1 amide bonds. The third-order valence-electron chi connectivity index (χ3n) is 4.73. The van der Waals surface area contributed by atoms with E-state index < -0.39 is 6.17 Å². The zero-order valence-corrected chi connectivity index (χ0v) is 16.2. The summed E-state index contributed by atoms with van der Waals surface area (Å²) in [6, 6.07) is 20.6. The predicted molar refractivity (Wildman–Crippen MR) is 111 cm³/mol. The number of hydrogen-bond donors (Lipinski definition) is 1. The van der Waals surface area contributed by atoms with Crippen LogP contribution in [0.25, 0.3) is 0 Å². The summed E-state index contributed by atoms with van der Waals surface area (Å²) >= 11 is 6.43. The minimum atomic E-state index is -0.456. The number of benzene rings is 3. The topological polar surface area (TPSA) is 50.8 Å². The van der Waals surface area contributed by atoms with Gasteiger partial charge in [-0.25, -0.2) is 0 Å². The Morgan fingerprint density at radius 1 is 0.964 bits per heavy atom. The lowest BCUT2D eigenvalue weighted by Gasteiger charge is -2.38. The molecule has 1 heterocycles. The van der Waals surface area contributed by atoms with Crippen molar-refractivity contribution >= 4 is 28.9 Å². The van der Waals surface area contributed by atoms with Gasteiger partial charge in [0.1, 0.15) is 6.17 Å². The van der Waals surface area contributed by atoms with Crippen LogP contribution >= 0.6 is 11.6 Å². The van der Waals surface area contributed by atoms with Crippen molar-refractivity contribution < 1.29 is 14.3 Å². The summed E-state index contributed by atoms with van der Waals surface area (Å²) in [4.78, 5) is 15.1. The first-order valence-corrected chi connectivity index (χ1v) is 9.17. The number of nitrogens with zero attached hydrogens (tertiary/aromatic N) is 1. The van der Waals surface area contributed by atoms with E-state index in [0.29, 0.717) is 22.1 Å². The average Bonchev–Trinajstić information content (AvgIpc) is 2.73. The van der Waals surface area contributed by atoms with Crippen LogP contribution in [0, 0.1) is 0 Å². The number of anilines is 2. The van der Waals surface area contributed by atoms with Gasteiger partial charge in [0.2, 0.25) is 0 Å². The number of ether oxygens (including phenoxy) is 2. The van der Waals surface area contributed by atoms with Crippen molar-refractivity contribution in [3.63, 3.8) is 0 Å². The van der Waals surface area contributed by atoms with E-state index >= 15 is 0 Å². The second-order valence-corrected chi connectivity index (χ2v) is 6.75. The highest BCUT2D eigenvalue weighted by Gasteiger charge is 2.34. The van der Waals surface area contributed by atoms with Gasteiger partial charge in [-0.2, -0.15) is 0 Å². The Bertz CT molecular complexity index is 1020. The number of carbonyl (C=O) groups is 1. The van der Waals surface area contributed by atoms with Gasteiger partial charge < -0.3 is 14.8 Å². The van der Waals surface area contributed by atoms with Crippen molar-refractivity contribution in [2.45, 2.75) is 6.17 Å². The molecule has 4 rings (SSSR count). The third-order valence-corrected chi connectivity index (χ3v) is 5.01. The maximum Gasteiger partial charge on any atom is 0.262 e. The zero-order chi connectivity index (χ0) is 19.7. The fourth-order valence-corrected chi connectivity index (χ4v) is 3.73. The molecule has 0 aromatic heterocycles. The highest BCUT2D eigenvalue weighted by atomic mass is 35.5. The second-order valence-electron chi connectivity index (χ2n) is 6.34. The summed E-state index contributed by atoms with van der Waals surface area (Å²) in [7, 11) is 3.10. The van der Waals surface area contributed by atoms with Gasteiger partial charge in [-0.05, 0) is 36.4 Å². The van der Waals surface area contributed by atoms with E-state index in [4.69, 9.17) is 21.1 Å². The number of nitrogens with one attached hydrogen (secondary N) is 1. The van der Waals surface area contributed by atoms with Gasteiger partial charge in [0, 0.05) is 16.9 Å². The Morgan fingerprint density at radius 2 is 1.68 bits per heavy atom. The normalized spacial score (nSPS) is 15.6. The lowest BCUT2D eigenvalue weighted by Crippen LogP contribution is -2.43. The fraction of sp³-hybridized carbons (Fsp3) is 0.136. The molecule has 1 aliphatic rings. The highest BCUT2D eigenvalue weighted by Crippen LogP contribution is 2.42. The SMILES string of the molecule is COc1cc([C@H]2Nc3ccccc3C(=O)N2c2ccccc2)cc(Cl)c1OC. The molecule has 28 heavy (non-hydrogen) atoms. The number of rotatable bonds is 4. The Morgan fingerprint density at radius 3 is 2.39 bits per heavy atom. The molecule has 3 aromatic carbocycles. The Balaban J connectivity index is 1.88. The predicted octanol–water partition coefficient (Wildman–Crippen LogP) is 5.13. The molecule has 1 aliphatic heterocycles. The van der Waals surface area contributed by atoms with E-state index in [-0.39, 0.29) is 5.91 Å². The van der Waals surface area contributed by atoms with Crippen LogP contribution in [0.3, 0.4) is 0 Å². The maximum absolute atomic E-state index is 13.4. The fourth-order valence-electron chi connectivity index (χ4n) is 3.44. The first kappa shape index (κ1) is 18.2. The molecule has 5 nitrogen and oxygen atoms in total. The maximum atomic E-state index is 13.4. The first-order valence-electron chi connectivity index (χ1n) is 8.79. The van der Waals surface area contributed by atoms with Gasteiger partial charge in [-0.3, -0.25) is 9.69 Å². The second kappa shape index (κ2) is 7.44. The van der Waals surface area contributed by atoms with Crippen molar-refractivity contribution in [3.8, 4) is 11.5 Å². The minimum Gasteiger partial charge on any atom is -0.493 e. The van der Waals surface area contributed by atoms with Crippen molar-refractivity contribution in [2.75, 3.05) is 24.4 Å². The van der Waals surface area contributed by atoms with Crippen molar-refractivity contribution in [3.05, 3.63) is 82.9 Å². The average molecular weight is 395 g/mol. The molecule has 1 N–H and O–H groups in total. The van der Waals surface area contributed by atoms with E-state index in [9.17, 15) is 4.79 Å². The number of halogens is 1. The molecule has 6 heteroatoms. The summed E-state index contributed by atoms with van der Waals surface area (Å²) in [5, 5.41) is 3.87. The first-order chi connectivity index (χ1) is 13.6. The summed E-state index contributed by atoms with van der Waals surface area (Å²) in [6.45, 7) is 0. The molecule has 0 bridgehead atoms. The number of amides is 1. The lowest BCUT2D eigenvalue weighted by atomic mass is 10.0. The van der Waals surface area contributed by atoms with Crippen LogP contribution in [-0.4, -0.2) is 20.1 Å². The number of para-hydroxylation sites is 2. The lowest BCUT2D eigenvalue weighted by molar-refractivity contribution is 0.0975. The van der Waals surface area contributed by atoms with Crippen LogP contribution in [0.15, 0.2) is 66.7 Å². The van der Waals surface area contributed by atoms with Crippen LogP contribution in [0.2, 0.25) is 5.02 Å². The molecule has 0 spiro atoms. The largest absolute Gasteiger partial charge is 0.493 e. The number of carbonyl (C=O) groups excluding carboxylic acids is 1. The molecular weight excluding hydrogens is 376 g/mol. The molecule has 0 fully saturated rings. The number of fused-ring (bicyclic) bond motifs is 1. The van der Waals surface area contributed by atoms with E-state index in [1.807, 2.05) is 60.7 Å². The third kappa shape index (κ3) is 3.04. The Hall–Kier alpha value is -3.18. The molecule has 142 valence electrons.